The first-order valence-electron chi connectivity index (χ1n) is 7.15. The van der Waals surface area contributed by atoms with E-state index in [-0.39, 0.29) is 11.7 Å². The minimum Gasteiger partial charge on any atom is -0.367 e. The Labute approximate surface area is 122 Å². The Morgan fingerprint density at radius 1 is 1.38 bits per heavy atom. The molecule has 3 rings (SSSR count). The number of hydrogen-bond acceptors (Lipinski definition) is 5. The summed E-state index contributed by atoms with van der Waals surface area (Å²) in [5.74, 6) is 0.694. The third-order valence-corrected chi connectivity index (χ3v) is 3.23. The van der Waals surface area contributed by atoms with Crippen molar-refractivity contribution in [3.8, 4) is 0 Å². The van der Waals surface area contributed by atoms with E-state index in [1.807, 2.05) is 10.8 Å². The molecule has 1 aliphatic rings. The average molecular weight is 286 g/mol. The van der Waals surface area contributed by atoms with E-state index in [1.54, 1.807) is 24.8 Å². The van der Waals surface area contributed by atoms with Gasteiger partial charge in [0.2, 0.25) is 5.82 Å². The van der Waals surface area contributed by atoms with Crippen molar-refractivity contribution in [2.24, 2.45) is 0 Å². The van der Waals surface area contributed by atoms with Crippen LogP contribution in [-0.2, 0) is 6.54 Å². The van der Waals surface area contributed by atoms with Crippen LogP contribution >= 0.6 is 0 Å². The monoisotopic (exact) mass is 286 g/mol. The van der Waals surface area contributed by atoms with Crippen molar-refractivity contribution in [2.45, 2.75) is 31.8 Å². The largest absolute Gasteiger partial charge is 0.367 e. The van der Waals surface area contributed by atoms with Gasteiger partial charge in [0.25, 0.3) is 5.91 Å². The van der Waals surface area contributed by atoms with E-state index < -0.39 is 0 Å². The summed E-state index contributed by atoms with van der Waals surface area (Å²) < 4.78 is 1.98. The average Bonchev–Trinajstić information content (AvgIpc) is 3.16. The number of imidazole rings is 1. The predicted octanol–water partition coefficient (Wildman–Crippen LogP) is 1.07. The molecule has 1 aliphatic carbocycles. The molecule has 110 valence electrons. The fourth-order valence-corrected chi connectivity index (χ4v) is 1.95. The Morgan fingerprint density at radius 3 is 3.05 bits per heavy atom. The SMILES string of the molecule is O=C(NCCCn1ccnc1)c1nccc(NC2CC2)n1. The summed E-state index contributed by atoms with van der Waals surface area (Å²) in [7, 11) is 0. The molecular weight excluding hydrogens is 268 g/mol. The molecule has 0 bridgehead atoms. The summed E-state index contributed by atoms with van der Waals surface area (Å²) in [5.41, 5.74) is 0. The molecule has 0 saturated heterocycles. The third kappa shape index (κ3) is 4.01. The van der Waals surface area contributed by atoms with Gasteiger partial charge in [-0.25, -0.2) is 15.0 Å². The zero-order valence-electron chi connectivity index (χ0n) is 11.7. The number of amides is 1. The molecular formula is C14H18N6O. The number of anilines is 1. The molecule has 0 radical (unpaired) electrons. The van der Waals surface area contributed by atoms with Gasteiger partial charge in [-0.2, -0.15) is 0 Å². The van der Waals surface area contributed by atoms with Crippen LogP contribution < -0.4 is 10.6 Å². The minimum absolute atomic E-state index is 0.211. The summed E-state index contributed by atoms with van der Waals surface area (Å²) in [4.78, 5) is 24.2. The first-order chi connectivity index (χ1) is 10.3. The number of nitrogens with zero attached hydrogens (tertiary/aromatic N) is 4. The van der Waals surface area contributed by atoms with E-state index >= 15 is 0 Å². The summed E-state index contributed by atoms with van der Waals surface area (Å²) in [6.07, 6.45) is 10.2. The molecule has 1 amide bonds. The maximum absolute atomic E-state index is 12.0. The van der Waals surface area contributed by atoms with E-state index in [0.29, 0.717) is 12.6 Å². The summed E-state index contributed by atoms with van der Waals surface area (Å²) in [6, 6.07) is 2.29. The van der Waals surface area contributed by atoms with Crippen molar-refractivity contribution in [3.05, 3.63) is 36.8 Å². The van der Waals surface area contributed by atoms with Gasteiger partial charge in [-0.05, 0) is 25.3 Å². The van der Waals surface area contributed by atoms with Crippen molar-refractivity contribution >= 4 is 11.7 Å². The van der Waals surface area contributed by atoms with Gasteiger partial charge in [0.15, 0.2) is 0 Å². The Morgan fingerprint density at radius 2 is 2.29 bits per heavy atom. The van der Waals surface area contributed by atoms with Gasteiger partial charge >= 0.3 is 0 Å². The third-order valence-electron chi connectivity index (χ3n) is 3.23. The van der Waals surface area contributed by atoms with Crippen molar-refractivity contribution in [3.63, 3.8) is 0 Å². The van der Waals surface area contributed by atoms with Crippen molar-refractivity contribution < 1.29 is 4.79 Å². The van der Waals surface area contributed by atoms with Crippen LogP contribution in [-0.4, -0.2) is 38.0 Å². The van der Waals surface area contributed by atoms with Gasteiger partial charge in [0, 0.05) is 37.7 Å². The van der Waals surface area contributed by atoms with Crippen LogP contribution in [0, 0.1) is 0 Å². The van der Waals surface area contributed by atoms with E-state index in [2.05, 4.69) is 25.6 Å². The number of rotatable bonds is 7. The molecule has 2 aromatic heterocycles. The van der Waals surface area contributed by atoms with Gasteiger partial charge in [-0.15, -0.1) is 0 Å². The molecule has 21 heavy (non-hydrogen) atoms. The lowest BCUT2D eigenvalue weighted by Crippen LogP contribution is -2.27. The quantitative estimate of drug-likeness (QED) is 0.744. The van der Waals surface area contributed by atoms with Gasteiger partial charge in [-0.3, -0.25) is 4.79 Å². The lowest BCUT2D eigenvalue weighted by Gasteiger charge is -2.07. The molecule has 7 nitrogen and oxygen atoms in total. The second-order valence-electron chi connectivity index (χ2n) is 5.09. The molecule has 0 unspecified atom stereocenters. The first-order valence-corrected chi connectivity index (χ1v) is 7.15. The zero-order chi connectivity index (χ0) is 14.5. The Hall–Kier alpha value is -2.44. The summed E-state index contributed by atoms with van der Waals surface area (Å²) in [6.45, 7) is 1.41. The molecule has 2 N–H and O–H groups in total. The molecule has 0 spiro atoms. The van der Waals surface area contributed by atoms with Crippen molar-refractivity contribution in [1.29, 1.82) is 0 Å². The molecule has 7 heteroatoms. The summed E-state index contributed by atoms with van der Waals surface area (Å²) >= 11 is 0. The second kappa shape index (κ2) is 6.34. The van der Waals surface area contributed by atoms with E-state index in [0.717, 1.165) is 18.8 Å². The van der Waals surface area contributed by atoms with Crippen molar-refractivity contribution in [2.75, 3.05) is 11.9 Å². The van der Waals surface area contributed by atoms with E-state index in [9.17, 15) is 4.79 Å². The maximum atomic E-state index is 12.0. The standard InChI is InChI=1S/C14H18N6O/c21-14(17-5-1-8-20-9-7-15-10-20)13-16-6-4-12(19-13)18-11-2-3-11/h4,6-7,9-11H,1-3,5,8H2,(H,17,21)(H,16,18,19). The van der Waals surface area contributed by atoms with Crippen LogP contribution in [0.15, 0.2) is 31.0 Å². The first kappa shape index (κ1) is 13.5. The van der Waals surface area contributed by atoms with Gasteiger partial charge < -0.3 is 15.2 Å². The predicted molar refractivity (Wildman–Crippen MR) is 77.9 cm³/mol. The van der Waals surface area contributed by atoms with Crippen LogP contribution in [0.2, 0.25) is 0 Å². The lowest BCUT2D eigenvalue weighted by molar-refractivity contribution is 0.0942. The molecule has 1 fully saturated rings. The van der Waals surface area contributed by atoms with Gasteiger partial charge in [-0.1, -0.05) is 0 Å². The smallest absolute Gasteiger partial charge is 0.289 e. The molecule has 2 heterocycles. The number of aryl methyl sites for hydroxylation is 1. The minimum atomic E-state index is -0.236. The lowest BCUT2D eigenvalue weighted by atomic mass is 10.4. The molecule has 1 saturated carbocycles. The molecule has 0 atom stereocenters. The molecule has 0 aliphatic heterocycles. The second-order valence-corrected chi connectivity index (χ2v) is 5.09. The molecule has 0 aromatic carbocycles. The summed E-state index contributed by atoms with van der Waals surface area (Å²) in [5, 5.41) is 6.09. The number of carbonyl (C=O) groups excluding carboxylic acids is 1. The van der Waals surface area contributed by atoms with E-state index in [1.165, 1.54) is 12.8 Å². The Kier molecular flexibility index (Phi) is 4.09. The van der Waals surface area contributed by atoms with Crippen LogP contribution in [0.1, 0.15) is 29.9 Å². The number of hydrogen-bond donors (Lipinski definition) is 2. The topological polar surface area (TPSA) is 84.7 Å². The normalized spacial score (nSPS) is 13.9. The number of aromatic nitrogens is 4. The fourth-order valence-electron chi connectivity index (χ4n) is 1.95. The van der Waals surface area contributed by atoms with Gasteiger partial charge in [0.1, 0.15) is 5.82 Å². The van der Waals surface area contributed by atoms with Crippen LogP contribution in [0.25, 0.3) is 0 Å². The highest BCUT2D eigenvalue weighted by Crippen LogP contribution is 2.23. The van der Waals surface area contributed by atoms with Crippen LogP contribution in [0.3, 0.4) is 0 Å². The van der Waals surface area contributed by atoms with Crippen molar-refractivity contribution in [1.82, 2.24) is 24.8 Å². The highest BCUT2D eigenvalue weighted by molar-refractivity contribution is 5.90. The highest BCUT2D eigenvalue weighted by atomic mass is 16.2. The van der Waals surface area contributed by atoms with Crippen LogP contribution in [0.4, 0.5) is 5.82 Å². The van der Waals surface area contributed by atoms with Gasteiger partial charge in [0.05, 0.1) is 6.33 Å². The Bertz CT molecular complexity index is 593. The van der Waals surface area contributed by atoms with Crippen LogP contribution in [0.5, 0.6) is 0 Å². The number of carbonyl (C=O) groups is 1. The maximum Gasteiger partial charge on any atom is 0.289 e. The highest BCUT2D eigenvalue weighted by Gasteiger charge is 2.21. The Balaban J connectivity index is 1.45. The van der Waals surface area contributed by atoms with E-state index in [4.69, 9.17) is 0 Å². The fraction of sp³-hybridized carbons (Fsp3) is 0.429. The zero-order valence-corrected chi connectivity index (χ0v) is 11.7. The number of nitrogens with one attached hydrogen (secondary N) is 2. The molecule has 2 aromatic rings.